The third-order valence-corrected chi connectivity index (χ3v) is 9.69. The number of nitrogens with zero attached hydrogens (tertiary/aromatic N) is 1. The number of amides is 4. The van der Waals surface area contributed by atoms with E-state index >= 15 is 0 Å². The molecule has 0 fully saturated rings. The molecule has 5 rings (SSSR count). The molecule has 0 saturated carbocycles. The highest BCUT2D eigenvalue weighted by Gasteiger charge is 2.30. The number of rotatable bonds is 11. The molecule has 0 atom stereocenters. The minimum absolute atomic E-state index is 0.0237. The number of thiophene rings is 1. The largest absolute Gasteiger partial charge is 0.497 e. The first kappa shape index (κ1) is 34.9. The number of hydrogen-bond acceptors (Lipinski definition) is 9. The fourth-order valence-corrected chi connectivity index (χ4v) is 7.08. The number of fused-ring (bicyclic) bond motifs is 1. The summed E-state index contributed by atoms with van der Waals surface area (Å²) < 4.78 is 10.2. The molecule has 0 radical (unpaired) electrons. The number of nitrogens with one attached hydrogen (secondary N) is 3. The summed E-state index contributed by atoms with van der Waals surface area (Å²) in [5, 5.41) is 8.80. The molecule has 0 saturated heterocycles. The Kier molecular flexibility index (Phi) is 11.5. The molecule has 4 aromatic rings. The van der Waals surface area contributed by atoms with Gasteiger partial charge in [0.15, 0.2) is 0 Å². The van der Waals surface area contributed by atoms with Crippen molar-refractivity contribution in [3.63, 3.8) is 0 Å². The number of esters is 1. The van der Waals surface area contributed by atoms with E-state index in [1.807, 2.05) is 0 Å². The van der Waals surface area contributed by atoms with Crippen molar-refractivity contribution in [1.82, 2.24) is 10.2 Å². The van der Waals surface area contributed by atoms with E-state index < -0.39 is 17.8 Å². The zero-order valence-corrected chi connectivity index (χ0v) is 28.7. The molecular weight excluding hydrogens is 665 g/mol. The van der Waals surface area contributed by atoms with Gasteiger partial charge in [0.1, 0.15) is 16.4 Å². The van der Waals surface area contributed by atoms with Gasteiger partial charge in [-0.25, -0.2) is 4.79 Å². The van der Waals surface area contributed by atoms with Crippen LogP contribution in [0.4, 0.5) is 10.7 Å². The van der Waals surface area contributed by atoms with Crippen molar-refractivity contribution in [2.45, 2.75) is 24.8 Å². The maximum atomic E-state index is 13.5. The molecular formula is C36H34N4O7S2. The summed E-state index contributed by atoms with van der Waals surface area (Å²) in [4.78, 5) is 67.3. The average Bonchev–Trinajstić information content (AvgIpc) is 3.47. The number of benzene rings is 3. The Bertz CT molecular complexity index is 1910. The Hall–Kier alpha value is -5.40. The molecule has 3 N–H and O–H groups in total. The smallest absolute Gasteiger partial charge is 0.341 e. The monoisotopic (exact) mass is 698 g/mol. The fourth-order valence-electron chi connectivity index (χ4n) is 5.06. The van der Waals surface area contributed by atoms with E-state index in [0.29, 0.717) is 57.5 Å². The van der Waals surface area contributed by atoms with Crippen molar-refractivity contribution in [2.24, 2.45) is 0 Å². The van der Waals surface area contributed by atoms with Crippen LogP contribution in [0.1, 0.15) is 43.6 Å². The Morgan fingerprint density at radius 2 is 1.69 bits per heavy atom. The van der Waals surface area contributed by atoms with E-state index in [4.69, 9.17) is 9.47 Å². The summed E-state index contributed by atoms with van der Waals surface area (Å²) in [7, 11) is 2.85. The van der Waals surface area contributed by atoms with Gasteiger partial charge in [-0.05, 0) is 66.1 Å². The highest BCUT2D eigenvalue weighted by atomic mass is 32.2. The number of anilines is 2. The van der Waals surface area contributed by atoms with Crippen molar-refractivity contribution in [2.75, 3.05) is 37.2 Å². The van der Waals surface area contributed by atoms with Crippen molar-refractivity contribution < 1.29 is 33.4 Å². The van der Waals surface area contributed by atoms with Crippen LogP contribution in [0.5, 0.6) is 5.75 Å². The quantitative estimate of drug-likeness (QED) is 0.105. The van der Waals surface area contributed by atoms with Crippen LogP contribution in [0.2, 0.25) is 0 Å². The van der Waals surface area contributed by atoms with Gasteiger partial charge < -0.3 is 30.3 Å². The second kappa shape index (κ2) is 16.1. The Labute approximate surface area is 291 Å². The van der Waals surface area contributed by atoms with Crippen molar-refractivity contribution >= 4 is 69.5 Å². The van der Waals surface area contributed by atoms with Crippen LogP contribution in [0, 0.1) is 0 Å². The number of methoxy groups -OCH3 is 2. The zero-order valence-electron chi connectivity index (χ0n) is 27.0. The highest BCUT2D eigenvalue weighted by Crippen LogP contribution is 2.38. The van der Waals surface area contributed by atoms with Gasteiger partial charge in [0.05, 0.1) is 32.1 Å². The van der Waals surface area contributed by atoms with Crippen molar-refractivity contribution in [1.29, 1.82) is 0 Å². The number of ether oxygens (including phenoxy) is 2. The number of thioether (sulfide) groups is 1. The van der Waals surface area contributed by atoms with E-state index in [2.05, 4.69) is 16.0 Å². The predicted molar refractivity (Wildman–Crippen MR) is 190 cm³/mol. The van der Waals surface area contributed by atoms with Crippen LogP contribution in [0.25, 0.3) is 6.08 Å². The summed E-state index contributed by atoms with van der Waals surface area (Å²) >= 11 is 2.52. The Morgan fingerprint density at radius 3 is 2.39 bits per heavy atom. The maximum absolute atomic E-state index is 13.5. The Balaban J connectivity index is 1.27. The lowest BCUT2D eigenvalue weighted by Gasteiger charge is -2.25. The summed E-state index contributed by atoms with van der Waals surface area (Å²) in [5.41, 5.74) is 2.68. The van der Waals surface area contributed by atoms with E-state index in [1.165, 1.54) is 37.1 Å². The van der Waals surface area contributed by atoms with Crippen LogP contribution >= 0.6 is 23.1 Å². The summed E-state index contributed by atoms with van der Waals surface area (Å²) in [6.07, 6.45) is 2.06. The van der Waals surface area contributed by atoms with Gasteiger partial charge in [0.2, 0.25) is 11.8 Å². The van der Waals surface area contributed by atoms with E-state index in [-0.39, 0.29) is 23.3 Å². The lowest BCUT2D eigenvalue weighted by Crippen LogP contribution is -2.33. The molecule has 4 amide bonds. The molecule has 252 valence electrons. The summed E-state index contributed by atoms with van der Waals surface area (Å²) in [5.74, 6) is -1.24. The highest BCUT2D eigenvalue weighted by molar-refractivity contribution is 8.00. The first-order chi connectivity index (χ1) is 23.6. The van der Waals surface area contributed by atoms with E-state index in [0.717, 1.165) is 10.4 Å². The number of hydrogen-bond donors (Lipinski definition) is 3. The Morgan fingerprint density at radius 1 is 0.939 bits per heavy atom. The van der Waals surface area contributed by atoms with Crippen LogP contribution in [-0.4, -0.2) is 61.0 Å². The minimum Gasteiger partial charge on any atom is -0.497 e. The van der Waals surface area contributed by atoms with Crippen LogP contribution in [-0.2, 0) is 32.1 Å². The van der Waals surface area contributed by atoms with E-state index in [1.54, 1.807) is 96.9 Å². The first-order valence-corrected chi connectivity index (χ1v) is 17.0. The minimum atomic E-state index is -0.541. The van der Waals surface area contributed by atoms with Crippen LogP contribution in [0.3, 0.4) is 0 Å². The van der Waals surface area contributed by atoms with Gasteiger partial charge in [-0.3, -0.25) is 19.2 Å². The first-order valence-electron chi connectivity index (χ1n) is 15.2. The van der Waals surface area contributed by atoms with E-state index in [9.17, 15) is 24.0 Å². The van der Waals surface area contributed by atoms with Gasteiger partial charge in [-0.2, -0.15) is 0 Å². The average molecular weight is 699 g/mol. The predicted octanol–water partition coefficient (Wildman–Crippen LogP) is 5.59. The fraction of sp³-hybridized carbons (Fsp3) is 0.194. The standard InChI is InChI=1S/C36H34N4O7S2/c1-22(41)40-17-16-28-30(20-40)49-35(32(28)36(45)47-3)39-31(42)21-48-27-11-7-10-25(19-27)37-34(44)29(18-23-12-14-26(46-2)15-13-23)38-33(43)24-8-5-4-6-9-24/h4-15,18-19H,16-17,20-21H2,1-3H3,(H,37,44)(H,38,43)(H,39,42)/b29-18+. The lowest BCUT2D eigenvalue weighted by atomic mass is 10.0. The van der Waals surface area contributed by atoms with Crippen LogP contribution in [0.15, 0.2) is 89.5 Å². The molecule has 3 aromatic carbocycles. The molecule has 0 aliphatic carbocycles. The SMILES string of the molecule is COC(=O)c1c(NC(=O)CSc2cccc(NC(=O)/C(=C\c3ccc(OC)cc3)NC(=O)c3ccccc3)c2)sc2c1CCN(C(C)=O)C2. The molecule has 0 spiro atoms. The second-order valence-electron chi connectivity index (χ2n) is 10.9. The molecule has 11 nitrogen and oxygen atoms in total. The lowest BCUT2D eigenvalue weighted by molar-refractivity contribution is -0.129. The summed E-state index contributed by atoms with van der Waals surface area (Å²) in [6.45, 7) is 2.36. The molecule has 1 aliphatic heterocycles. The molecule has 1 aromatic heterocycles. The molecule has 13 heteroatoms. The van der Waals surface area contributed by atoms with Crippen molar-refractivity contribution in [3.05, 3.63) is 112 Å². The zero-order chi connectivity index (χ0) is 34.9. The summed E-state index contributed by atoms with van der Waals surface area (Å²) in [6, 6.07) is 22.6. The molecule has 2 heterocycles. The number of carbonyl (C=O) groups excluding carboxylic acids is 5. The van der Waals surface area contributed by atoms with Gasteiger partial charge in [0, 0.05) is 34.5 Å². The second-order valence-corrected chi connectivity index (χ2v) is 13.0. The molecule has 0 bridgehead atoms. The normalized spacial score (nSPS) is 12.4. The number of carbonyl (C=O) groups is 5. The van der Waals surface area contributed by atoms with Crippen LogP contribution < -0.4 is 20.7 Å². The molecule has 49 heavy (non-hydrogen) atoms. The maximum Gasteiger partial charge on any atom is 0.341 e. The third kappa shape index (κ3) is 8.95. The molecule has 1 aliphatic rings. The van der Waals surface area contributed by atoms with Crippen molar-refractivity contribution in [3.8, 4) is 5.75 Å². The van der Waals surface area contributed by atoms with Gasteiger partial charge in [-0.1, -0.05) is 36.4 Å². The topological polar surface area (TPSA) is 143 Å². The van der Waals surface area contributed by atoms with Gasteiger partial charge in [0.25, 0.3) is 11.8 Å². The third-order valence-electron chi connectivity index (χ3n) is 7.56. The molecule has 0 unspecified atom stereocenters. The van der Waals surface area contributed by atoms with Gasteiger partial charge >= 0.3 is 5.97 Å². The van der Waals surface area contributed by atoms with Gasteiger partial charge in [-0.15, -0.1) is 23.1 Å².